The molecule has 0 amide bonds. The van der Waals surface area contributed by atoms with Crippen molar-refractivity contribution in [3.05, 3.63) is 64.2 Å². The molecule has 0 aliphatic carbocycles. The van der Waals surface area contributed by atoms with E-state index in [2.05, 4.69) is 0 Å². The van der Waals surface area contributed by atoms with Crippen LogP contribution in [0.1, 0.15) is 51.8 Å². The van der Waals surface area contributed by atoms with E-state index in [4.69, 9.17) is 28.4 Å². The number of cyclic esters (lactones) is 1. The maximum absolute atomic E-state index is 14.4. The molecule has 1 saturated heterocycles. The Labute approximate surface area is 368 Å². The third kappa shape index (κ3) is 6.91. The molecule has 0 spiro atoms. The van der Waals surface area contributed by atoms with Crippen LogP contribution in [0.2, 0.25) is 0 Å². The quantitative estimate of drug-likeness (QED) is 0.0679. The molecule has 348 valence electrons. The first-order chi connectivity index (χ1) is 31.5. The number of phenols is 15. The van der Waals surface area contributed by atoms with E-state index >= 15 is 0 Å². The Kier molecular flexibility index (Phi) is 10.2. The molecule has 0 saturated carbocycles. The number of hydrogen-bond donors (Lipinski definition) is 15. The van der Waals surface area contributed by atoms with E-state index in [1.54, 1.807) is 0 Å². The van der Waals surface area contributed by atoms with E-state index in [0.29, 0.717) is 36.4 Å². The van der Waals surface area contributed by atoms with E-state index in [1.807, 2.05) is 0 Å². The van der Waals surface area contributed by atoms with Gasteiger partial charge in [-0.25, -0.2) is 24.0 Å². The SMILES string of the molecule is O=C(O[C@@H]1OC2COC(=O)c3cc(O)c(O)c(O)c3-c3c(cc(O)c(O)c3O)C(=O)OC2C2OC(=O)c3cc(O)c(O)c(O)c3-c3c(cc(O)c(O)c3O)C(=O)OC21)c1cc(O)c(O)c(O)c1. The summed E-state index contributed by atoms with van der Waals surface area (Å²) >= 11 is 0. The van der Waals surface area contributed by atoms with Gasteiger partial charge in [0.25, 0.3) is 0 Å². The maximum Gasteiger partial charge on any atom is 0.340 e. The zero-order valence-corrected chi connectivity index (χ0v) is 32.8. The third-order valence-corrected chi connectivity index (χ3v) is 10.6. The van der Waals surface area contributed by atoms with Gasteiger partial charge in [-0.15, -0.1) is 0 Å². The van der Waals surface area contributed by atoms with Crippen LogP contribution >= 0.6 is 0 Å². The highest BCUT2D eigenvalue weighted by Gasteiger charge is 2.56. The molecular formula is C41H28O26. The molecule has 8 rings (SSSR count). The fourth-order valence-electron chi connectivity index (χ4n) is 7.44. The van der Waals surface area contributed by atoms with Crippen molar-refractivity contribution in [3.63, 3.8) is 0 Å². The summed E-state index contributed by atoms with van der Waals surface area (Å²) in [7, 11) is 0. The second kappa shape index (κ2) is 15.6. The van der Waals surface area contributed by atoms with Gasteiger partial charge in [0.1, 0.15) is 12.7 Å². The van der Waals surface area contributed by atoms with Gasteiger partial charge in [0.2, 0.25) is 35.4 Å². The van der Waals surface area contributed by atoms with Crippen LogP contribution in [0.3, 0.4) is 0 Å². The van der Waals surface area contributed by atoms with E-state index < -0.39 is 203 Å². The Morgan fingerprint density at radius 1 is 0.418 bits per heavy atom. The molecule has 1 fully saturated rings. The molecule has 3 aliphatic rings. The number of benzene rings is 5. The van der Waals surface area contributed by atoms with Crippen molar-refractivity contribution in [1.29, 1.82) is 0 Å². The molecule has 5 aromatic rings. The minimum atomic E-state index is -2.53. The molecule has 0 aromatic heterocycles. The van der Waals surface area contributed by atoms with Crippen LogP contribution in [0.15, 0.2) is 36.4 Å². The average Bonchev–Trinajstić information content (AvgIpc) is 3.29. The van der Waals surface area contributed by atoms with Gasteiger partial charge in [0.15, 0.2) is 75.5 Å². The Balaban J connectivity index is 1.37. The molecule has 0 radical (unpaired) electrons. The van der Waals surface area contributed by atoms with E-state index in [0.717, 1.165) is 0 Å². The molecule has 3 aliphatic heterocycles. The van der Waals surface area contributed by atoms with Gasteiger partial charge in [-0.2, -0.15) is 0 Å². The summed E-state index contributed by atoms with van der Waals surface area (Å²) in [6.07, 6.45) is -12.1. The van der Waals surface area contributed by atoms with E-state index in [-0.39, 0.29) is 0 Å². The first kappa shape index (κ1) is 44.0. The maximum atomic E-state index is 14.4. The number of hydrogen-bond acceptors (Lipinski definition) is 26. The van der Waals surface area contributed by atoms with Crippen molar-refractivity contribution in [2.45, 2.75) is 30.7 Å². The molecule has 4 unspecified atom stereocenters. The van der Waals surface area contributed by atoms with Crippen molar-refractivity contribution in [1.82, 2.24) is 0 Å². The van der Waals surface area contributed by atoms with Crippen molar-refractivity contribution in [3.8, 4) is 108 Å². The average molecular weight is 937 g/mol. The summed E-state index contributed by atoms with van der Waals surface area (Å²) < 4.78 is 33.6. The lowest BCUT2D eigenvalue weighted by Gasteiger charge is -2.44. The number of carbonyl (C=O) groups is 5. The van der Waals surface area contributed by atoms with Crippen LogP contribution in [-0.4, -0.2) is 144 Å². The van der Waals surface area contributed by atoms with Gasteiger partial charge in [-0.3, -0.25) is 0 Å². The van der Waals surface area contributed by atoms with Crippen LogP contribution in [0.25, 0.3) is 22.3 Å². The Morgan fingerprint density at radius 2 is 0.746 bits per heavy atom. The molecule has 26 heteroatoms. The van der Waals surface area contributed by atoms with Crippen molar-refractivity contribution < 1.29 is 129 Å². The Morgan fingerprint density at radius 3 is 1.13 bits per heavy atom. The summed E-state index contributed by atoms with van der Waals surface area (Å²) in [5, 5.41) is 158. The smallest absolute Gasteiger partial charge is 0.340 e. The predicted molar refractivity (Wildman–Crippen MR) is 207 cm³/mol. The second-order valence-electron chi connectivity index (χ2n) is 14.6. The topological polar surface area (TPSA) is 444 Å². The molecule has 5 atom stereocenters. The molecule has 26 nitrogen and oxygen atoms in total. The number of rotatable bonds is 2. The fraction of sp³-hybridized carbons (Fsp3) is 0.146. The standard InChI is InChI=1S/C41H28O26/c42-13-1-8(2-14(43)24(13)48)36(57)67-41-35-34(65-39(60)11-5-17(46)27(51)31(55)22(11)23-12(40(61)66-35)6-18(47)28(52)32(23)56)33-19(63-41)7-62-37(58)9-3-15(44)25(49)29(53)20(9)21-10(38(59)64-33)4-16(45)26(50)30(21)54/h1-6,19,33-35,41-56H,7H2/t19?,33?,34?,35?,41-/m0/s1. The zero-order chi connectivity index (χ0) is 48.8. The first-order valence-electron chi connectivity index (χ1n) is 18.6. The van der Waals surface area contributed by atoms with Crippen molar-refractivity contribution in [2.75, 3.05) is 6.61 Å². The molecule has 0 bridgehead atoms. The minimum absolute atomic E-state index is 0.408. The summed E-state index contributed by atoms with van der Waals surface area (Å²) in [5.74, 6) is -28.2. The van der Waals surface area contributed by atoms with E-state index in [9.17, 15) is 101 Å². The number of esters is 5. The lowest BCUT2D eigenvalue weighted by Crippen LogP contribution is -2.63. The van der Waals surface area contributed by atoms with Crippen LogP contribution in [-0.2, 0) is 28.4 Å². The van der Waals surface area contributed by atoms with Crippen LogP contribution in [0, 0.1) is 0 Å². The van der Waals surface area contributed by atoms with E-state index in [1.165, 1.54) is 0 Å². The van der Waals surface area contributed by atoms with Gasteiger partial charge < -0.3 is 105 Å². The van der Waals surface area contributed by atoms with Crippen LogP contribution in [0.4, 0.5) is 0 Å². The number of phenolic OH excluding ortho intramolecular Hbond substituents is 15. The Bertz CT molecular complexity index is 3020. The summed E-state index contributed by atoms with van der Waals surface area (Å²) in [4.78, 5) is 70.7. The lowest BCUT2D eigenvalue weighted by molar-refractivity contribution is -0.282. The number of fused-ring (bicyclic) bond motifs is 9. The third-order valence-electron chi connectivity index (χ3n) is 10.6. The molecule has 5 aromatic carbocycles. The van der Waals surface area contributed by atoms with Crippen molar-refractivity contribution >= 4 is 29.8 Å². The zero-order valence-electron chi connectivity index (χ0n) is 32.8. The predicted octanol–water partition coefficient (Wildman–Crippen LogP) is 1.65. The van der Waals surface area contributed by atoms with Crippen LogP contribution < -0.4 is 0 Å². The summed E-state index contributed by atoms with van der Waals surface area (Å²) in [6.45, 7) is -1.25. The normalized spacial score (nSPS) is 20.0. The van der Waals surface area contributed by atoms with Crippen molar-refractivity contribution in [2.24, 2.45) is 0 Å². The lowest BCUT2D eigenvalue weighted by atomic mass is 9.91. The highest BCUT2D eigenvalue weighted by atomic mass is 16.7. The number of ether oxygens (including phenoxy) is 6. The van der Waals surface area contributed by atoms with Gasteiger partial charge >= 0.3 is 29.8 Å². The fourth-order valence-corrected chi connectivity index (χ4v) is 7.44. The number of aromatic hydroxyl groups is 15. The van der Waals surface area contributed by atoms with Gasteiger partial charge in [-0.1, -0.05) is 0 Å². The van der Waals surface area contributed by atoms with Gasteiger partial charge in [0.05, 0.1) is 27.8 Å². The minimum Gasteiger partial charge on any atom is -0.504 e. The van der Waals surface area contributed by atoms with Gasteiger partial charge in [-0.05, 0) is 36.4 Å². The largest absolute Gasteiger partial charge is 0.504 e. The summed E-state index contributed by atoms with van der Waals surface area (Å²) in [5.41, 5.74) is -9.31. The highest BCUT2D eigenvalue weighted by molar-refractivity contribution is 6.10. The number of carbonyl (C=O) groups excluding carboxylic acids is 5. The molecule has 67 heavy (non-hydrogen) atoms. The molecule has 3 heterocycles. The van der Waals surface area contributed by atoms with Crippen LogP contribution in [0.5, 0.6) is 86.2 Å². The summed E-state index contributed by atoms with van der Waals surface area (Å²) in [6, 6.07) is 2.84. The molecule has 15 N–H and O–H groups in total. The Hall–Kier alpha value is -9.59. The monoisotopic (exact) mass is 936 g/mol. The first-order valence-corrected chi connectivity index (χ1v) is 18.6. The highest BCUT2D eigenvalue weighted by Crippen LogP contribution is 2.55. The second-order valence-corrected chi connectivity index (χ2v) is 14.6. The molecular weight excluding hydrogens is 908 g/mol. The van der Waals surface area contributed by atoms with Gasteiger partial charge in [0, 0.05) is 22.3 Å².